The summed E-state index contributed by atoms with van der Waals surface area (Å²) in [5.74, 6) is 0. The Balaban J connectivity index is 1.92. The van der Waals surface area contributed by atoms with Crippen LogP contribution in [0, 0.1) is 6.92 Å². The predicted octanol–water partition coefficient (Wildman–Crippen LogP) is 4.39. The van der Waals surface area contributed by atoms with Crippen molar-refractivity contribution >= 4 is 17.2 Å². The summed E-state index contributed by atoms with van der Waals surface area (Å²) in [5.41, 5.74) is 5.56. The molecule has 6 heteroatoms. The lowest BCUT2D eigenvalue weighted by molar-refractivity contribution is 0.181. The Labute approximate surface area is 167 Å². The van der Waals surface area contributed by atoms with Crippen LogP contribution in [-0.4, -0.2) is 21.7 Å². The molecule has 0 unspecified atom stereocenters. The number of halogens is 1. The lowest BCUT2D eigenvalue weighted by Crippen LogP contribution is -2.22. The van der Waals surface area contributed by atoms with Crippen molar-refractivity contribution in [3.63, 3.8) is 0 Å². The fourth-order valence-electron chi connectivity index (χ4n) is 3.43. The average Bonchev–Trinajstić information content (AvgIpc) is 3.05. The summed E-state index contributed by atoms with van der Waals surface area (Å²) in [6, 6.07) is 17.4. The van der Waals surface area contributed by atoms with E-state index in [1.807, 2.05) is 61.5 Å². The first-order chi connectivity index (χ1) is 13.6. The van der Waals surface area contributed by atoms with Gasteiger partial charge in [0, 0.05) is 35.4 Å². The van der Waals surface area contributed by atoms with Gasteiger partial charge in [-0.25, -0.2) is 9.50 Å². The molecule has 0 aliphatic heterocycles. The van der Waals surface area contributed by atoms with Crippen LogP contribution in [0.5, 0.6) is 0 Å². The number of rotatable bonds is 5. The van der Waals surface area contributed by atoms with Crippen molar-refractivity contribution in [2.75, 3.05) is 7.11 Å². The van der Waals surface area contributed by atoms with Gasteiger partial charge in [-0.15, -0.1) is 0 Å². The van der Waals surface area contributed by atoms with Gasteiger partial charge in [0.25, 0.3) is 5.56 Å². The predicted molar refractivity (Wildman–Crippen MR) is 111 cm³/mol. The van der Waals surface area contributed by atoms with Crippen LogP contribution >= 0.6 is 11.6 Å². The zero-order valence-corrected chi connectivity index (χ0v) is 16.5. The molecule has 5 nitrogen and oxygen atoms in total. The summed E-state index contributed by atoms with van der Waals surface area (Å²) in [6.07, 6.45) is 0.538. The Kier molecular flexibility index (Phi) is 5.03. The first-order valence-electron chi connectivity index (χ1n) is 9.00. The third kappa shape index (κ3) is 3.35. The minimum atomic E-state index is -0.0936. The third-order valence-electron chi connectivity index (χ3n) is 4.80. The van der Waals surface area contributed by atoms with Gasteiger partial charge in [0.1, 0.15) is 0 Å². The van der Waals surface area contributed by atoms with Crippen molar-refractivity contribution in [2.24, 2.45) is 0 Å². The van der Waals surface area contributed by atoms with E-state index in [0.717, 1.165) is 28.1 Å². The second-order valence-corrected chi connectivity index (χ2v) is 7.14. The summed E-state index contributed by atoms with van der Waals surface area (Å²) in [7, 11) is 1.62. The van der Waals surface area contributed by atoms with Crippen molar-refractivity contribution in [1.82, 2.24) is 14.6 Å². The SMILES string of the molecule is COCc1[nH]n2c(=O)c(Cc3ccccc3)c(C)nc2c1-c1ccc(Cl)cc1. The highest BCUT2D eigenvalue weighted by Crippen LogP contribution is 2.29. The number of ether oxygens (including phenoxy) is 1. The summed E-state index contributed by atoms with van der Waals surface area (Å²) < 4.78 is 6.86. The van der Waals surface area contributed by atoms with Crippen LogP contribution in [0.1, 0.15) is 22.5 Å². The molecule has 0 radical (unpaired) electrons. The second-order valence-electron chi connectivity index (χ2n) is 6.71. The van der Waals surface area contributed by atoms with Crippen LogP contribution < -0.4 is 5.56 Å². The molecule has 2 aromatic heterocycles. The zero-order chi connectivity index (χ0) is 19.7. The third-order valence-corrected chi connectivity index (χ3v) is 5.05. The number of aromatic nitrogens is 3. The largest absolute Gasteiger partial charge is 0.378 e. The highest BCUT2D eigenvalue weighted by atomic mass is 35.5. The second kappa shape index (κ2) is 7.62. The van der Waals surface area contributed by atoms with Crippen LogP contribution in [-0.2, 0) is 17.8 Å². The molecule has 0 amide bonds. The van der Waals surface area contributed by atoms with Crippen molar-refractivity contribution in [3.05, 3.63) is 92.5 Å². The van der Waals surface area contributed by atoms with E-state index < -0.39 is 0 Å². The molecule has 0 fully saturated rings. The lowest BCUT2D eigenvalue weighted by atomic mass is 10.0. The van der Waals surface area contributed by atoms with Crippen LogP contribution in [0.15, 0.2) is 59.4 Å². The zero-order valence-electron chi connectivity index (χ0n) is 15.7. The molecule has 0 bridgehead atoms. The van der Waals surface area contributed by atoms with Crippen molar-refractivity contribution < 1.29 is 4.74 Å². The Hall–Kier alpha value is -2.89. The molecule has 142 valence electrons. The van der Waals surface area contributed by atoms with Gasteiger partial charge in [0.15, 0.2) is 5.65 Å². The van der Waals surface area contributed by atoms with Gasteiger partial charge in [0.2, 0.25) is 0 Å². The quantitative estimate of drug-likeness (QED) is 0.547. The topological polar surface area (TPSA) is 59.4 Å². The molecule has 0 saturated heterocycles. The molecule has 0 spiro atoms. The number of fused-ring (bicyclic) bond motifs is 1. The minimum Gasteiger partial charge on any atom is -0.378 e. The molecule has 4 aromatic rings. The normalized spacial score (nSPS) is 11.2. The van der Waals surface area contributed by atoms with E-state index in [4.69, 9.17) is 21.3 Å². The standard InChI is InChI=1S/C22H20ClN3O2/c1-14-18(12-15-6-4-3-5-7-15)22(27)26-21(24-14)20(19(25-26)13-28-2)16-8-10-17(23)11-9-16/h3-11,25H,12-13H2,1-2H3. The summed E-state index contributed by atoms with van der Waals surface area (Å²) in [6.45, 7) is 2.22. The molecule has 28 heavy (non-hydrogen) atoms. The van der Waals surface area contributed by atoms with Crippen molar-refractivity contribution in [2.45, 2.75) is 20.0 Å². The molecule has 0 atom stereocenters. The van der Waals surface area contributed by atoms with Gasteiger partial charge >= 0.3 is 0 Å². The van der Waals surface area contributed by atoms with E-state index in [1.54, 1.807) is 7.11 Å². The van der Waals surface area contributed by atoms with Gasteiger partial charge in [-0.1, -0.05) is 54.1 Å². The number of benzene rings is 2. The monoisotopic (exact) mass is 393 g/mol. The average molecular weight is 394 g/mol. The molecule has 0 aliphatic rings. The number of aromatic amines is 1. The molecular formula is C22H20ClN3O2. The fourth-order valence-corrected chi connectivity index (χ4v) is 3.56. The maximum absolute atomic E-state index is 13.2. The van der Waals surface area contributed by atoms with Crippen LogP contribution in [0.3, 0.4) is 0 Å². The van der Waals surface area contributed by atoms with E-state index in [-0.39, 0.29) is 5.56 Å². The number of nitrogens with zero attached hydrogens (tertiary/aromatic N) is 2. The van der Waals surface area contributed by atoms with Gasteiger partial charge in [-0.05, 0) is 30.2 Å². The van der Waals surface area contributed by atoms with Gasteiger partial charge < -0.3 is 4.74 Å². The molecule has 0 aliphatic carbocycles. The number of methoxy groups -OCH3 is 1. The van der Waals surface area contributed by atoms with Gasteiger partial charge in [-0.3, -0.25) is 9.89 Å². The summed E-state index contributed by atoms with van der Waals surface area (Å²) in [4.78, 5) is 18.0. The van der Waals surface area contributed by atoms with E-state index in [1.165, 1.54) is 4.52 Å². The fraction of sp³-hybridized carbons (Fsp3) is 0.182. The molecule has 4 rings (SSSR count). The molecule has 1 N–H and O–H groups in total. The molecule has 2 aromatic carbocycles. The Morgan fingerprint density at radius 2 is 1.82 bits per heavy atom. The van der Waals surface area contributed by atoms with E-state index in [2.05, 4.69) is 5.10 Å². The minimum absolute atomic E-state index is 0.0936. The van der Waals surface area contributed by atoms with Crippen LogP contribution in [0.2, 0.25) is 5.02 Å². The number of hydrogen-bond donors (Lipinski definition) is 1. The van der Waals surface area contributed by atoms with E-state index in [9.17, 15) is 4.79 Å². The number of H-pyrrole nitrogens is 1. The first kappa shape index (κ1) is 18.5. The highest BCUT2D eigenvalue weighted by Gasteiger charge is 2.19. The van der Waals surface area contributed by atoms with Crippen LogP contribution in [0.4, 0.5) is 0 Å². The number of hydrogen-bond acceptors (Lipinski definition) is 3. The highest BCUT2D eigenvalue weighted by molar-refractivity contribution is 6.30. The molecule has 2 heterocycles. The molecular weight excluding hydrogens is 374 g/mol. The van der Waals surface area contributed by atoms with Crippen molar-refractivity contribution in [3.8, 4) is 11.1 Å². The van der Waals surface area contributed by atoms with Gasteiger partial charge in [0.05, 0.1) is 12.3 Å². The molecule has 0 saturated carbocycles. The Morgan fingerprint density at radius 1 is 1.11 bits per heavy atom. The van der Waals surface area contributed by atoms with E-state index in [0.29, 0.717) is 29.3 Å². The van der Waals surface area contributed by atoms with Crippen LogP contribution in [0.25, 0.3) is 16.8 Å². The van der Waals surface area contributed by atoms with Gasteiger partial charge in [-0.2, -0.15) is 0 Å². The smallest absolute Gasteiger partial charge is 0.276 e. The Bertz CT molecular complexity index is 1180. The first-order valence-corrected chi connectivity index (χ1v) is 9.38. The summed E-state index contributed by atoms with van der Waals surface area (Å²) >= 11 is 6.04. The number of nitrogens with one attached hydrogen (secondary N) is 1. The van der Waals surface area contributed by atoms with E-state index >= 15 is 0 Å². The lowest BCUT2D eigenvalue weighted by Gasteiger charge is -2.07. The Morgan fingerprint density at radius 3 is 2.50 bits per heavy atom. The number of aryl methyl sites for hydroxylation is 1. The van der Waals surface area contributed by atoms with Crippen molar-refractivity contribution in [1.29, 1.82) is 0 Å². The maximum atomic E-state index is 13.2. The maximum Gasteiger partial charge on any atom is 0.276 e. The summed E-state index contributed by atoms with van der Waals surface area (Å²) in [5, 5.41) is 3.84.